The first kappa shape index (κ1) is 32.8. The van der Waals surface area contributed by atoms with E-state index < -0.39 is 5.79 Å². The molecule has 0 aliphatic carbocycles. The minimum absolute atomic E-state index is 0.00466. The summed E-state index contributed by atoms with van der Waals surface area (Å²) in [5.74, 6) is 1.42. The largest absolute Gasteiger partial charge is 0.493 e. The van der Waals surface area contributed by atoms with Gasteiger partial charge in [0.05, 0.1) is 68.9 Å². The van der Waals surface area contributed by atoms with Gasteiger partial charge in [0.25, 0.3) is 5.91 Å². The zero-order valence-corrected chi connectivity index (χ0v) is 28.3. The number of morpholine rings is 1. The van der Waals surface area contributed by atoms with Gasteiger partial charge in [-0.1, -0.05) is 18.2 Å². The van der Waals surface area contributed by atoms with Gasteiger partial charge < -0.3 is 44.0 Å². The molecule has 10 heteroatoms. The van der Waals surface area contributed by atoms with Crippen LogP contribution in [0.15, 0.2) is 78.9 Å². The fourth-order valence-electron chi connectivity index (χ4n) is 6.35. The molecule has 0 radical (unpaired) electrons. The highest BCUT2D eigenvalue weighted by Crippen LogP contribution is 2.38. The fraction of sp³-hybridized carbons (Fsp3) is 0.359. The summed E-state index contributed by atoms with van der Waals surface area (Å²) < 4.78 is 34.8. The molecule has 0 bridgehead atoms. The van der Waals surface area contributed by atoms with E-state index in [-0.39, 0.29) is 12.0 Å². The highest BCUT2D eigenvalue weighted by molar-refractivity contribution is 6.12. The van der Waals surface area contributed by atoms with Crippen LogP contribution in [0.1, 0.15) is 36.2 Å². The minimum atomic E-state index is -0.550. The molecule has 1 atom stereocenters. The Bertz CT molecular complexity index is 1790. The third-order valence-corrected chi connectivity index (χ3v) is 9.00. The van der Waals surface area contributed by atoms with Crippen molar-refractivity contribution >= 4 is 28.7 Å². The number of carbonyl (C=O) groups is 1. The van der Waals surface area contributed by atoms with E-state index in [9.17, 15) is 4.79 Å². The third-order valence-electron chi connectivity index (χ3n) is 9.00. The number of rotatable bonds is 11. The van der Waals surface area contributed by atoms with Gasteiger partial charge in [0.1, 0.15) is 5.75 Å². The van der Waals surface area contributed by atoms with Crippen molar-refractivity contribution in [1.29, 1.82) is 0 Å². The lowest BCUT2D eigenvalue weighted by molar-refractivity contribution is -0.139. The lowest BCUT2D eigenvalue weighted by Gasteiger charge is -2.28. The standard InChI is InChI=1S/C39H43N3O7/c1-39(2)48-25-31(49-39)15-19-47-36-13-6-28(24-37(36)44-3)27-5-11-32-34(23-27)40-33-12-4-26(22-35(33)41-38(32)43)14-18-46-30-9-7-29(8-10-30)42-16-20-45-21-17-42/h4-13,22-24,31,40H,14-21,25H2,1-3H3,(H,41,43). The van der Waals surface area contributed by atoms with Crippen LogP contribution in [0.5, 0.6) is 17.2 Å². The van der Waals surface area contributed by atoms with Gasteiger partial charge in [-0.25, -0.2) is 0 Å². The summed E-state index contributed by atoms with van der Waals surface area (Å²) in [6.45, 7) is 8.73. The first-order chi connectivity index (χ1) is 23.8. The predicted molar refractivity (Wildman–Crippen MR) is 190 cm³/mol. The molecule has 3 aliphatic heterocycles. The van der Waals surface area contributed by atoms with Crippen molar-refractivity contribution < 1.29 is 33.2 Å². The Hall–Kier alpha value is -4.77. The number of ether oxygens (including phenoxy) is 6. The van der Waals surface area contributed by atoms with Gasteiger partial charge >= 0.3 is 0 Å². The molecule has 49 heavy (non-hydrogen) atoms. The maximum Gasteiger partial charge on any atom is 0.257 e. The second-order valence-corrected chi connectivity index (χ2v) is 12.9. The van der Waals surface area contributed by atoms with Crippen LogP contribution in [0.2, 0.25) is 0 Å². The summed E-state index contributed by atoms with van der Waals surface area (Å²) in [7, 11) is 1.63. The lowest BCUT2D eigenvalue weighted by atomic mass is 10.0. The van der Waals surface area contributed by atoms with Gasteiger partial charge in [-0.3, -0.25) is 4.79 Å². The van der Waals surface area contributed by atoms with Crippen molar-refractivity contribution in [2.45, 2.75) is 38.6 Å². The second-order valence-electron chi connectivity index (χ2n) is 12.9. The molecule has 3 heterocycles. The first-order valence-electron chi connectivity index (χ1n) is 16.9. The van der Waals surface area contributed by atoms with E-state index in [0.717, 1.165) is 65.8 Å². The van der Waals surface area contributed by atoms with Crippen molar-refractivity contribution in [2.24, 2.45) is 0 Å². The number of benzene rings is 4. The van der Waals surface area contributed by atoms with Crippen molar-refractivity contribution in [2.75, 3.05) is 68.8 Å². The highest BCUT2D eigenvalue weighted by Gasteiger charge is 2.32. The number of nitrogens with zero attached hydrogens (tertiary/aromatic N) is 1. The number of hydrogen-bond acceptors (Lipinski definition) is 9. The quantitative estimate of drug-likeness (QED) is 0.175. The Morgan fingerprint density at radius 3 is 2.39 bits per heavy atom. The van der Waals surface area contributed by atoms with Crippen LogP contribution in [-0.2, 0) is 20.6 Å². The molecule has 0 aromatic heterocycles. The molecule has 0 saturated carbocycles. The number of anilines is 4. The Morgan fingerprint density at radius 2 is 1.61 bits per heavy atom. The molecule has 2 saturated heterocycles. The van der Waals surface area contributed by atoms with Crippen LogP contribution in [0.3, 0.4) is 0 Å². The van der Waals surface area contributed by atoms with Gasteiger partial charge in [0.15, 0.2) is 17.3 Å². The van der Waals surface area contributed by atoms with Crippen molar-refractivity contribution in [1.82, 2.24) is 0 Å². The summed E-state index contributed by atoms with van der Waals surface area (Å²) in [4.78, 5) is 15.6. The summed E-state index contributed by atoms with van der Waals surface area (Å²) in [6, 6.07) is 25.9. The number of carbonyl (C=O) groups excluding carboxylic acids is 1. The molecule has 2 fully saturated rings. The summed E-state index contributed by atoms with van der Waals surface area (Å²) in [6.07, 6.45) is 1.42. The Labute approximate surface area is 287 Å². The molecule has 0 spiro atoms. The van der Waals surface area contributed by atoms with Crippen LogP contribution >= 0.6 is 0 Å². The van der Waals surface area contributed by atoms with E-state index in [1.165, 1.54) is 5.69 Å². The average molecular weight is 666 g/mol. The SMILES string of the molecule is COc1cc(-c2ccc3c(c2)Nc2ccc(CCOc4ccc(N5CCOCC5)cc4)cc2NC3=O)ccc1OCCC1COC(C)(C)O1. The predicted octanol–water partition coefficient (Wildman–Crippen LogP) is 7.05. The molecular weight excluding hydrogens is 622 g/mol. The lowest BCUT2D eigenvalue weighted by Crippen LogP contribution is -2.36. The average Bonchev–Trinajstić information content (AvgIpc) is 3.40. The van der Waals surface area contributed by atoms with Crippen LogP contribution in [0, 0.1) is 0 Å². The monoisotopic (exact) mass is 665 g/mol. The number of hydrogen-bond donors (Lipinski definition) is 2. The van der Waals surface area contributed by atoms with Gasteiger partial charge in [-0.05, 0) is 91.2 Å². The smallest absolute Gasteiger partial charge is 0.257 e. The zero-order chi connectivity index (χ0) is 33.8. The molecule has 10 nitrogen and oxygen atoms in total. The van der Waals surface area contributed by atoms with Crippen LogP contribution < -0.4 is 29.7 Å². The number of amides is 1. The molecular formula is C39H43N3O7. The van der Waals surface area contributed by atoms with E-state index in [1.54, 1.807) is 7.11 Å². The molecule has 2 N–H and O–H groups in total. The summed E-state index contributed by atoms with van der Waals surface area (Å²) in [5.41, 5.74) is 6.99. The fourth-order valence-corrected chi connectivity index (χ4v) is 6.35. The Kier molecular flexibility index (Phi) is 9.61. The highest BCUT2D eigenvalue weighted by atomic mass is 16.7. The second kappa shape index (κ2) is 14.4. The van der Waals surface area contributed by atoms with Crippen molar-refractivity contribution in [3.05, 3.63) is 90.0 Å². The van der Waals surface area contributed by atoms with E-state index in [2.05, 4.69) is 33.7 Å². The van der Waals surface area contributed by atoms with E-state index >= 15 is 0 Å². The van der Waals surface area contributed by atoms with E-state index in [0.29, 0.717) is 49.7 Å². The maximum absolute atomic E-state index is 13.3. The molecule has 4 aromatic carbocycles. The summed E-state index contributed by atoms with van der Waals surface area (Å²) >= 11 is 0. The number of methoxy groups -OCH3 is 1. The molecule has 7 rings (SSSR count). The minimum Gasteiger partial charge on any atom is -0.493 e. The van der Waals surface area contributed by atoms with Crippen molar-refractivity contribution in [3.8, 4) is 28.4 Å². The molecule has 1 unspecified atom stereocenters. The van der Waals surface area contributed by atoms with Gasteiger partial charge in [-0.2, -0.15) is 0 Å². The summed E-state index contributed by atoms with van der Waals surface area (Å²) in [5, 5.41) is 6.57. The first-order valence-corrected chi connectivity index (χ1v) is 16.9. The molecule has 256 valence electrons. The zero-order valence-electron chi connectivity index (χ0n) is 28.3. The Morgan fingerprint density at radius 1 is 0.816 bits per heavy atom. The number of fused-ring (bicyclic) bond motifs is 2. The third kappa shape index (κ3) is 7.77. The van der Waals surface area contributed by atoms with Gasteiger partial charge in [0, 0.05) is 31.6 Å². The van der Waals surface area contributed by atoms with Crippen LogP contribution in [0.4, 0.5) is 22.7 Å². The molecule has 4 aromatic rings. The van der Waals surface area contributed by atoms with E-state index in [1.807, 2.05) is 74.5 Å². The molecule has 3 aliphatic rings. The number of nitrogens with one attached hydrogen (secondary N) is 2. The topological polar surface area (TPSA) is 99.8 Å². The van der Waals surface area contributed by atoms with Crippen LogP contribution in [-0.4, -0.2) is 71.0 Å². The normalized spacial score (nSPS) is 18.1. The molecule has 1 amide bonds. The van der Waals surface area contributed by atoms with Crippen LogP contribution in [0.25, 0.3) is 11.1 Å². The van der Waals surface area contributed by atoms with Gasteiger partial charge in [-0.15, -0.1) is 0 Å². The maximum atomic E-state index is 13.3. The van der Waals surface area contributed by atoms with Gasteiger partial charge in [0.2, 0.25) is 0 Å². The van der Waals surface area contributed by atoms with Crippen molar-refractivity contribution in [3.63, 3.8) is 0 Å². The Balaban J connectivity index is 0.979. The van der Waals surface area contributed by atoms with E-state index in [4.69, 9.17) is 28.4 Å².